The molecule has 114 valence electrons. The van der Waals surface area contributed by atoms with Gasteiger partial charge >= 0.3 is 5.97 Å². The summed E-state index contributed by atoms with van der Waals surface area (Å²) in [6, 6.07) is 17.1. The molecule has 0 unspecified atom stereocenters. The number of hydrogen-bond acceptors (Lipinski definition) is 3. The maximum absolute atomic E-state index is 11.6. The third-order valence-corrected chi connectivity index (χ3v) is 3.02. The fourth-order valence-electron chi connectivity index (χ4n) is 2.00. The molecule has 0 amide bonds. The van der Waals surface area contributed by atoms with Gasteiger partial charge in [-0.2, -0.15) is 0 Å². The van der Waals surface area contributed by atoms with E-state index in [1.807, 2.05) is 49.4 Å². The lowest BCUT2D eigenvalue weighted by Crippen LogP contribution is -2.14. The van der Waals surface area contributed by atoms with Gasteiger partial charge in [0, 0.05) is 17.8 Å². The largest absolute Gasteiger partial charge is 0.462 e. The lowest BCUT2D eigenvalue weighted by Gasteiger charge is -2.11. The van der Waals surface area contributed by atoms with Crippen LogP contribution >= 0.6 is 0 Å². The van der Waals surface area contributed by atoms with E-state index >= 15 is 0 Å². The van der Waals surface area contributed by atoms with Gasteiger partial charge in [0.15, 0.2) is 0 Å². The first-order valence-electron chi connectivity index (χ1n) is 7.38. The Labute approximate surface area is 130 Å². The van der Waals surface area contributed by atoms with E-state index in [9.17, 15) is 4.79 Å². The molecule has 0 radical (unpaired) electrons. The number of aliphatic imine (C=N–C) groups is 1. The summed E-state index contributed by atoms with van der Waals surface area (Å²) in [4.78, 5) is 16.1. The molecule has 0 atom stereocenters. The Morgan fingerprint density at radius 2 is 1.68 bits per heavy atom. The van der Waals surface area contributed by atoms with E-state index in [0.29, 0.717) is 18.7 Å². The van der Waals surface area contributed by atoms with E-state index in [4.69, 9.17) is 4.74 Å². The van der Waals surface area contributed by atoms with Crippen LogP contribution < -0.4 is 5.32 Å². The molecule has 0 saturated heterocycles. The van der Waals surface area contributed by atoms with Crippen LogP contribution in [0, 0.1) is 0 Å². The maximum Gasteiger partial charge on any atom is 0.338 e. The van der Waals surface area contributed by atoms with Crippen molar-refractivity contribution in [3.63, 3.8) is 0 Å². The van der Waals surface area contributed by atoms with Crippen molar-refractivity contribution < 1.29 is 9.53 Å². The highest BCUT2D eigenvalue weighted by Gasteiger charge is 2.07. The molecule has 0 aliphatic carbocycles. The summed E-state index contributed by atoms with van der Waals surface area (Å²) in [6.07, 6.45) is 0. The van der Waals surface area contributed by atoms with Gasteiger partial charge in [0.2, 0.25) is 0 Å². The molecule has 0 bridgehead atoms. The van der Waals surface area contributed by atoms with Crippen molar-refractivity contribution in [1.82, 2.24) is 0 Å². The summed E-state index contributed by atoms with van der Waals surface area (Å²) in [7, 11) is 0. The molecule has 2 aromatic rings. The fraction of sp³-hybridized carbons (Fsp3) is 0.222. The third kappa shape index (κ3) is 4.19. The van der Waals surface area contributed by atoms with E-state index in [0.717, 1.165) is 17.1 Å². The minimum absolute atomic E-state index is 0.306. The molecule has 0 aromatic heterocycles. The quantitative estimate of drug-likeness (QED) is 0.519. The summed E-state index contributed by atoms with van der Waals surface area (Å²) in [5.41, 5.74) is 2.45. The van der Waals surface area contributed by atoms with E-state index in [1.54, 1.807) is 19.1 Å². The Morgan fingerprint density at radius 1 is 1.00 bits per heavy atom. The van der Waals surface area contributed by atoms with Gasteiger partial charge in [-0.3, -0.25) is 4.99 Å². The molecule has 0 aliphatic rings. The first-order valence-corrected chi connectivity index (χ1v) is 7.38. The summed E-state index contributed by atoms with van der Waals surface area (Å²) in [5.74, 6) is 0.506. The molecule has 0 saturated carbocycles. The lowest BCUT2D eigenvalue weighted by atomic mass is 10.1. The van der Waals surface area contributed by atoms with Gasteiger partial charge in [0.25, 0.3) is 0 Å². The maximum atomic E-state index is 11.6. The lowest BCUT2D eigenvalue weighted by molar-refractivity contribution is 0.0526. The van der Waals surface area contributed by atoms with Gasteiger partial charge in [0.1, 0.15) is 5.84 Å². The van der Waals surface area contributed by atoms with Gasteiger partial charge in [-0.15, -0.1) is 0 Å². The number of esters is 1. The Hall–Kier alpha value is -2.62. The molecule has 0 fully saturated rings. The van der Waals surface area contributed by atoms with E-state index in [-0.39, 0.29) is 5.97 Å². The summed E-state index contributed by atoms with van der Waals surface area (Å²) in [6.45, 7) is 4.86. The van der Waals surface area contributed by atoms with Crippen LogP contribution in [0.2, 0.25) is 0 Å². The zero-order valence-corrected chi connectivity index (χ0v) is 12.9. The number of rotatable bonds is 5. The summed E-state index contributed by atoms with van der Waals surface area (Å²) < 4.78 is 4.97. The van der Waals surface area contributed by atoms with Crippen molar-refractivity contribution in [2.24, 2.45) is 4.99 Å². The number of carbonyl (C=O) groups excluding carboxylic acids is 1. The normalized spacial score (nSPS) is 11.1. The van der Waals surface area contributed by atoms with E-state index < -0.39 is 0 Å². The zero-order chi connectivity index (χ0) is 15.8. The SMILES string of the molecule is CCN=C(Nc1ccc(C(=O)OCC)cc1)c1ccccc1. The minimum atomic E-state index is -0.306. The number of hydrogen-bond donors (Lipinski definition) is 1. The number of anilines is 1. The second-order valence-electron chi connectivity index (χ2n) is 4.61. The number of amidine groups is 1. The topological polar surface area (TPSA) is 50.7 Å². The average Bonchev–Trinajstić information content (AvgIpc) is 2.56. The minimum Gasteiger partial charge on any atom is -0.462 e. The highest BCUT2D eigenvalue weighted by molar-refractivity contribution is 6.08. The molecule has 4 heteroatoms. The Balaban J connectivity index is 2.14. The van der Waals surface area contributed by atoms with Gasteiger partial charge in [-0.25, -0.2) is 4.79 Å². The van der Waals surface area contributed by atoms with Crippen molar-refractivity contribution in [2.75, 3.05) is 18.5 Å². The zero-order valence-electron chi connectivity index (χ0n) is 12.9. The molecule has 0 aliphatic heterocycles. The van der Waals surface area contributed by atoms with Crippen molar-refractivity contribution in [2.45, 2.75) is 13.8 Å². The number of nitrogens with zero attached hydrogens (tertiary/aromatic N) is 1. The fourth-order valence-corrected chi connectivity index (χ4v) is 2.00. The molecule has 2 aromatic carbocycles. The summed E-state index contributed by atoms with van der Waals surface area (Å²) >= 11 is 0. The van der Waals surface area contributed by atoms with Crippen molar-refractivity contribution >= 4 is 17.5 Å². The Bertz CT molecular complexity index is 634. The van der Waals surface area contributed by atoms with E-state index in [1.165, 1.54) is 0 Å². The van der Waals surface area contributed by atoms with E-state index in [2.05, 4.69) is 10.3 Å². The standard InChI is InChI=1S/C18H20N2O2/c1-3-19-17(14-8-6-5-7-9-14)20-16-12-10-15(11-13-16)18(21)22-4-2/h5-13H,3-4H2,1-2H3,(H,19,20). The van der Waals surface area contributed by atoms with Crippen LogP contribution in [-0.4, -0.2) is 25.0 Å². The smallest absolute Gasteiger partial charge is 0.338 e. The van der Waals surface area contributed by atoms with Crippen LogP contribution in [0.1, 0.15) is 29.8 Å². The highest BCUT2D eigenvalue weighted by Crippen LogP contribution is 2.13. The second-order valence-corrected chi connectivity index (χ2v) is 4.61. The first kappa shape index (κ1) is 15.8. The average molecular weight is 296 g/mol. The van der Waals surface area contributed by atoms with Gasteiger partial charge in [0.05, 0.1) is 12.2 Å². The number of benzene rings is 2. The highest BCUT2D eigenvalue weighted by atomic mass is 16.5. The van der Waals surface area contributed by atoms with Crippen molar-refractivity contribution in [3.8, 4) is 0 Å². The van der Waals surface area contributed by atoms with Gasteiger partial charge in [-0.05, 0) is 38.1 Å². The second kappa shape index (κ2) is 7.98. The van der Waals surface area contributed by atoms with Crippen LogP contribution in [0.25, 0.3) is 0 Å². The van der Waals surface area contributed by atoms with Crippen molar-refractivity contribution in [1.29, 1.82) is 0 Å². The molecule has 0 heterocycles. The Kier molecular flexibility index (Phi) is 5.72. The van der Waals surface area contributed by atoms with Crippen molar-refractivity contribution in [3.05, 3.63) is 65.7 Å². The molecule has 2 rings (SSSR count). The number of nitrogens with one attached hydrogen (secondary N) is 1. The molecule has 22 heavy (non-hydrogen) atoms. The predicted octanol–water partition coefficient (Wildman–Crippen LogP) is 3.74. The number of ether oxygens (including phenoxy) is 1. The molecule has 1 N–H and O–H groups in total. The monoisotopic (exact) mass is 296 g/mol. The Morgan fingerprint density at radius 3 is 2.27 bits per heavy atom. The summed E-state index contributed by atoms with van der Waals surface area (Å²) in [5, 5.41) is 3.29. The van der Waals surface area contributed by atoms with Crippen LogP contribution in [0.5, 0.6) is 0 Å². The van der Waals surface area contributed by atoms with Gasteiger partial charge in [-0.1, -0.05) is 30.3 Å². The molecule has 4 nitrogen and oxygen atoms in total. The molecule has 0 spiro atoms. The van der Waals surface area contributed by atoms with Crippen LogP contribution in [0.4, 0.5) is 5.69 Å². The predicted molar refractivity (Wildman–Crippen MR) is 89.5 cm³/mol. The molecular formula is C18H20N2O2. The van der Waals surface area contributed by atoms with Gasteiger partial charge < -0.3 is 10.1 Å². The van der Waals surface area contributed by atoms with Crippen LogP contribution in [0.15, 0.2) is 59.6 Å². The third-order valence-electron chi connectivity index (χ3n) is 3.02. The van der Waals surface area contributed by atoms with Crippen LogP contribution in [0.3, 0.4) is 0 Å². The molecular weight excluding hydrogens is 276 g/mol. The number of carbonyl (C=O) groups is 1. The first-order chi connectivity index (χ1) is 10.7. The van der Waals surface area contributed by atoms with Crippen LogP contribution in [-0.2, 0) is 4.74 Å².